The molecule has 0 radical (unpaired) electrons. The van der Waals surface area contributed by atoms with Crippen molar-refractivity contribution in [2.45, 2.75) is 45.1 Å². The molecule has 0 heterocycles. The number of nitrogens with one attached hydrogen (secondary N) is 1. The maximum absolute atomic E-state index is 3.66. The van der Waals surface area contributed by atoms with E-state index < -0.39 is 0 Å². The topological polar surface area (TPSA) is 12.0 Å². The van der Waals surface area contributed by atoms with Crippen LogP contribution in [-0.4, -0.2) is 6.04 Å². The first-order valence-corrected chi connectivity index (χ1v) is 6.58. The average molecular weight is 268 g/mol. The van der Waals surface area contributed by atoms with Gasteiger partial charge in [0.2, 0.25) is 0 Å². The molecule has 0 amide bonds. The zero-order valence-electron chi connectivity index (χ0n) is 9.22. The predicted molar refractivity (Wildman–Crippen MR) is 69.4 cm³/mol. The first-order chi connectivity index (χ1) is 7.25. The molecule has 2 heteroatoms. The average Bonchev–Trinajstić information content (AvgIpc) is 2.25. The van der Waals surface area contributed by atoms with E-state index in [9.17, 15) is 0 Å². The van der Waals surface area contributed by atoms with Crippen LogP contribution in [0.25, 0.3) is 0 Å². The second-order valence-corrected chi connectivity index (χ2v) is 5.35. The Morgan fingerprint density at radius 1 is 1.20 bits per heavy atom. The van der Waals surface area contributed by atoms with E-state index in [1.807, 2.05) is 0 Å². The molecule has 15 heavy (non-hydrogen) atoms. The van der Waals surface area contributed by atoms with E-state index in [0.29, 0.717) is 6.04 Å². The van der Waals surface area contributed by atoms with Gasteiger partial charge in [0, 0.05) is 16.2 Å². The summed E-state index contributed by atoms with van der Waals surface area (Å²) in [5.41, 5.74) is 2.63. The summed E-state index contributed by atoms with van der Waals surface area (Å²) in [4.78, 5) is 0. The molecule has 0 spiro atoms. The van der Waals surface area contributed by atoms with Crippen LogP contribution in [0.15, 0.2) is 22.7 Å². The molecule has 1 aromatic rings. The van der Waals surface area contributed by atoms with Crippen LogP contribution in [0.5, 0.6) is 0 Å². The number of rotatable bonds is 2. The van der Waals surface area contributed by atoms with Crippen LogP contribution in [0, 0.1) is 6.92 Å². The quantitative estimate of drug-likeness (QED) is 0.832. The highest BCUT2D eigenvalue weighted by Gasteiger charge is 2.13. The molecule has 1 aliphatic carbocycles. The summed E-state index contributed by atoms with van der Waals surface area (Å²) in [6.07, 6.45) is 6.82. The minimum Gasteiger partial charge on any atom is -0.382 e. The molecule has 1 aliphatic rings. The molecule has 0 atom stereocenters. The summed E-state index contributed by atoms with van der Waals surface area (Å²) in [7, 11) is 0. The Kier molecular flexibility index (Phi) is 3.68. The normalized spacial score (nSPS) is 17.7. The molecule has 0 aromatic heterocycles. The maximum atomic E-state index is 3.66. The minimum absolute atomic E-state index is 0.687. The fourth-order valence-corrected chi connectivity index (χ4v) is 2.58. The molecule has 0 saturated heterocycles. The van der Waals surface area contributed by atoms with E-state index in [2.05, 4.69) is 46.4 Å². The van der Waals surface area contributed by atoms with Crippen LogP contribution in [-0.2, 0) is 0 Å². The molecule has 82 valence electrons. The van der Waals surface area contributed by atoms with Gasteiger partial charge in [-0.2, -0.15) is 0 Å². The maximum Gasteiger partial charge on any atom is 0.0383 e. The van der Waals surface area contributed by atoms with Gasteiger partial charge in [0.25, 0.3) is 0 Å². The molecule has 2 rings (SSSR count). The molecular formula is C13H18BrN. The third-order valence-corrected chi connectivity index (χ3v) is 3.66. The molecule has 0 unspecified atom stereocenters. The molecule has 1 aromatic carbocycles. The van der Waals surface area contributed by atoms with Crippen molar-refractivity contribution in [3.8, 4) is 0 Å². The van der Waals surface area contributed by atoms with Gasteiger partial charge < -0.3 is 5.32 Å². The SMILES string of the molecule is Cc1ccc(Br)cc1NC1CCCCC1. The second-order valence-electron chi connectivity index (χ2n) is 4.44. The van der Waals surface area contributed by atoms with Gasteiger partial charge in [0.05, 0.1) is 0 Å². The molecule has 0 aliphatic heterocycles. The van der Waals surface area contributed by atoms with Gasteiger partial charge in [0.1, 0.15) is 0 Å². The number of hydrogen-bond donors (Lipinski definition) is 1. The highest BCUT2D eigenvalue weighted by atomic mass is 79.9. The van der Waals surface area contributed by atoms with E-state index in [0.717, 1.165) is 4.47 Å². The third kappa shape index (κ3) is 2.97. The molecule has 1 saturated carbocycles. The summed E-state index contributed by atoms with van der Waals surface area (Å²) < 4.78 is 1.16. The van der Waals surface area contributed by atoms with Crippen LogP contribution in [0.3, 0.4) is 0 Å². The second kappa shape index (κ2) is 5.02. The van der Waals surface area contributed by atoms with Crippen molar-refractivity contribution in [1.29, 1.82) is 0 Å². The Balaban J connectivity index is 2.05. The smallest absolute Gasteiger partial charge is 0.0383 e. The van der Waals surface area contributed by atoms with Crippen molar-refractivity contribution in [2.75, 3.05) is 5.32 Å². The van der Waals surface area contributed by atoms with Crippen LogP contribution in [0.1, 0.15) is 37.7 Å². The van der Waals surface area contributed by atoms with E-state index >= 15 is 0 Å². The van der Waals surface area contributed by atoms with Crippen molar-refractivity contribution >= 4 is 21.6 Å². The van der Waals surface area contributed by atoms with Crippen molar-refractivity contribution in [2.24, 2.45) is 0 Å². The van der Waals surface area contributed by atoms with Gasteiger partial charge >= 0.3 is 0 Å². The van der Waals surface area contributed by atoms with Gasteiger partial charge in [-0.25, -0.2) is 0 Å². The van der Waals surface area contributed by atoms with E-state index in [1.165, 1.54) is 43.4 Å². The lowest BCUT2D eigenvalue weighted by molar-refractivity contribution is 0.462. The molecule has 1 N–H and O–H groups in total. The van der Waals surface area contributed by atoms with Gasteiger partial charge in [-0.1, -0.05) is 41.3 Å². The monoisotopic (exact) mass is 267 g/mol. The molecule has 1 fully saturated rings. The Hall–Kier alpha value is -0.500. The predicted octanol–water partition coefficient (Wildman–Crippen LogP) is 4.50. The zero-order chi connectivity index (χ0) is 10.7. The summed E-state index contributed by atoms with van der Waals surface area (Å²) in [6.45, 7) is 2.16. The van der Waals surface area contributed by atoms with Crippen LogP contribution >= 0.6 is 15.9 Å². The summed E-state index contributed by atoms with van der Waals surface area (Å²) in [5, 5.41) is 3.66. The summed E-state index contributed by atoms with van der Waals surface area (Å²) in [6, 6.07) is 7.13. The highest BCUT2D eigenvalue weighted by molar-refractivity contribution is 9.10. The molecule has 1 nitrogen and oxygen atoms in total. The van der Waals surface area contributed by atoms with E-state index in [1.54, 1.807) is 0 Å². The molecular weight excluding hydrogens is 250 g/mol. The fraction of sp³-hybridized carbons (Fsp3) is 0.538. The standard InChI is InChI=1S/C13H18BrN/c1-10-7-8-11(14)9-13(10)15-12-5-3-2-4-6-12/h7-9,12,15H,2-6H2,1H3. The van der Waals surface area contributed by atoms with Gasteiger partial charge in [-0.15, -0.1) is 0 Å². The number of hydrogen-bond acceptors (Lipinski definition) is 1. The number of halogens is 1. The zero-order valence-corrected chi connectivity index (χ0v) is 10.8. The fourth-order valence-electron chi connectivity index (χ4n) is 2.22. The van der Waals surface area contributed by atoms with E-state index in [-0.39, 0.29) is 0 Å². The van der Waals surface area contributed by atoms with Crippen molar-refractivity contribution in [3.05, 3.63) is 28.2 Å². The Bertz CT molecular complexity index is 329. The van der Waals surface area contributed by atoms with Gasteiger partial charge in [0.15, 0.2) is 0 Å². The van der Waals surface area contributed by atoms with Crippen LogP contribution < -0.4 is 5.32 Å². The lowest BCUT2D eigenvalue weighted by Crippen LogP contribution is -2.22. The van der Waals surface area contributed by atoms with Gasteiger partial charge in [-0.3, -0.25) is 0 Å². The number of anilines is 1. The van der Waals surface area contributed by atoms with Crippen LogP contribution in [0.4, 0.5) is 5.69 Å². The summed E-state index contributed by atoms with van der Waals surface area (Å²) in [5.74, 6) is 0. The minimum atomic E-state index is 0.687. The highest BCUT2D eigenvalue weighted by Crippen LogP contribution is 2.25. The van der Waals surface area contributed by atoms with Gasteiger partial charge in [-0.05, 0) is 37.5 Å². The first kappa shape index (κ1) is 11.0. The van der Waals surface area contributed by atoms with Crippen molar-refractivity contribution < 1.29 is 0 Å². The Morgan fingerprint density at radius 2 is 1.93 bits per heavy atom. The van der Waals surface area contributed by atoms with Crippen molar-refractivity contribution in [3.63, 3.8) is 0 Å². The molecule has 0 bridgehead atoms. The Morgan fingerprint density at radius 3 is 2.67 bits per heavy atom. The Labute approximate surface area is 100 Å². The number of benzene rings is 1. The van der Waals surface area contributed by atoms with Crippen LogP contribution in [0.2, 0.25) is 0 Å². The van der Waals surface area contributed by atoms with Crippen molar-refractivity contribution in [1.82, 2.24) is 0 Å². The lowest BCUT2D eigenvalue weighted by Gasteiger charge is -2.24. The summed E-state index contributed by atoms with van der Waals surface area (Å²) >= 11 is 3.52. The van der Waals surface area contributed by atoms with E-state index in [4.69, 9.17) is 0 Å². The third-order valence-electron chi connectivity index (χ3n) is 3.16. The first-order valence-electron chi connectivity index (χ1n) is 5.78. The largest absolute Gasteiger partial charge is 0.382 e. The number of aryl methyl sites for hydroxylation is 1. The lowest BCUT2D eigenvalue weighted by atomic mass is 9.95.